The zero-order chi connectivity index (χ0) is 21.8. The smallest absolute Gasteiger partial charge is 0.251 e. The number of nitrogens with one attached hydrogen (secondary N) is 1. The first-order chi connectivity index (χ1) is 15.0. The van der Waals surface area contributed by atoms with E-state index < -0.39 is 0 Å². The Hall–Kier alpha value is -3.02. The van der Waals surface area contributed by atoms with Gasteiger partial charge in [-0.05, 0) is 54.1 Å². The van der Waals surface area contributed by atoms with Crippen LogP contribution in [0.25, 0.3) is 11.0 Å². The number of hydrogen-bond acceptors (Lipinski definition) is 3. The maximum atomic E-state index is 12.5. The summed E-state index contributed by atoms with van der Waals surface area (Å²) in [7, 11) is 1.60. The molecule has 31 heavy (non-hydrogen) atoms. The van der Waals surface area contributed by atoms with E-state index >= 15 is 0 Å². The first-order valence-corrected chi connectivity index (χ1v) is 10.6. The SMILES string of the molecule is COc1ccc(C(=O)NCCc2nc3ccccc3n2Cc2ccc(Cl)cc2Cl)cc1. The summed E-state index contributed by atoms with van der Waals surface area (Å²) in [6, 6.07) is 20.5. The molecule has 5 nitrogen and oxygen atoms in total. The quantitative estimate of drug-likeness (QED) is 0.408. The van der Waals surface area contributed by atoms with Gasteiger partial charge in [-0.1, -0.05) is 41.4 Å². The lowest BCUT2D eigenvalue weighted by Crippen LogP contribution is -2.26. The molecule has 7 heteroatoms. The van der Waals surface area contributed by atoms with Crippen molar-refractivity contribution in [1.29, 1.82) is 0 Å². The lowest BCUT2D eigenvalue weighted by atomic mass is 10.2. The number of benzene rings is 3. The molecule has 0 fully saturated rings. The summed E-state index contributed by atoms with van der Waals surface area (Å²) in [4.78, 5) is 17.2. The van der Waals surface area contributed by atoms with E-state index in [-0.39, 0.29) is 5.91 Å². The second-order valence-electron chi connectivity index (χ2n) is 7.07. The van der Waals surface area contributed by atoms with Crippen LogP contribution < -0.4 is 10.1 Å². The van der Waals surface area contributed by atoms with Crippen LogP contribution >= 0.6 is 23.2 Å². The maximum Gasteiger partial charge on any atom is 0.251 e. The monoisotopic (exact) mass is 453 g/mol. The molecule has 1 N–H and O–H groups in total. The molecule has 4 aromatic rings. The number of aromatic nitrogens is 2. The molecule has 1 heterocycles. The Balaban J connectivity index is 1.51. The van der Waals surface area contributed by atoms with E-state index in [1.54, 1.807) is 37.4 Å². The van der Waals surface area contributed by atoms with Crippen molar-refractivity contribution in [2.45, 2.75) is 13.0 Å². The van der Waals surface area contributed by atoms with Crippen LogP contribution in [0, 0.1) is 0 Å². The molecule has 0 aliphatic heterocycles. The van der Waals surface area contributed by atoms with Crippen LogP contribution in [0.5, 0.6) is 5.75 Å². The molecule has 0 radical (unpaired) electrons. The molecular weight excluding hydrogens is 433 g/mol. The fourth-order valence-electron chi connectivity index (χ4n) is 3.45. The van der Waals surface area contributed by atoms with Gasteiger partial charge in [-0.2, -0.15) is 0 Å². The highest BCUT2D eigenvalue weighted by atomic mass is 35.5. The van der Waals surface area contributed by atoms with Crippen molar-refractivity contribution in [3.63, 3.8) is 0 Å². The van der Waals surface area contributed by atoms with E-state index in [1.165, 1.54) is 0 Å². The van der Waals surface area contributed by atoms with E-state index in [0.29, 0.717) is 40.9 Å². The average Bonchev–Trinajstić information content (AvgIpc) is 3.13. The lowest BCUT2D eigenvalue weighted by molar-refractivity contribution is 0.0954. The number of nitrogens with zero attached hydrogens (tertiary/aromatic N) is 2. The number of amides is 1. The van der Waals surface area contributed by atoms with E-state index in [1.807, 2.05) is 36.4 Å². The minimum atomic E-state index is -0.133. The number of methoxy groups -OCH3 is 1. The summed E-state index contributed by atoms with van der Waals surface area (Å²) in [5.41, 5.74) is 3.47. The summed E-state index contributed by atoms with van der Waals surface area (Å²) in [6.45, 7) is 1.03. The van der Waals surface area contributed by atoms with Crippen LogP contribution in [0.4, 0.5) is 0 Å². The van der Waals surface area contributed by atoms with Gasteiger partial charge in [0.15, 0.2) is 0 Å². The molecule has 0 aliphatic rings. The molecular formula is C24H21Cl2N3O2. The second kappa shape index (κ2) is 9.41. The van der Waals surface area contributed by atoms with Crippen LogP contribution in [0.15, 0.2) is 66.7 Å². The third-order valence-electron chi connectivity index (χ3n) is 5.06. The fourth-order valence-corrected chi connectivity index (χ4v) is 3.91. The summed E-state index contributed by atoms with van der Waals surface area (Å²) in [6.07, 6.45) is 0.585. The number of carbonyl (C=O) groups is 1. The van der Waals surface area contributed by atoms with Gasteiger partial charge in [-0.25, -0.2) is 4.98 Å². The molecule has 0 atom stereocenters. The lowest BCUT2D eigenvalue weighted by Gasteiger charge is -2.12. The van der Waals surface area contributed by atoms with Gasteiger partial charge in [0.2, 0.25) is 0 Å². The van der Waals surface area contributed by atoms with Crippen molar-refractivity contribution in [2.24, 2.45) is 0 Å². The van der Waals surface area contributed by atoms with Crippen LogP contribution in [0.2, 0.25) is 10.0 Å². The van der Waals surface area contributed by atoms with Crippen LogP contribution in [-0.2, 0) is 13.0 Å². The Morgan fingerprint density at radius 3 is 2.58 bits per heavy atom. The normalized spacial score (nSPS) is 10.9. The summed E-state index contributed by atoms with van der Waals surface area (Å²) in [5.74, 6) is 1.46. The third-order valence-corrected chi connectivity index (χ3v) is 5.65. The number of ether oxygens (including phenoxy) is 1. The largest absolute Gasteiger partial charge is 0.497 e. The molecule has 0 bridgehead atoms. The maximum absolute atomic E-state index is 12.5. The number of fused-ring (bicyclic) bond motifs is 1. The minimum Gasteiger partial charge on any atom is -0.497 e. The number of carbonyl (C=O) groups excluding carboxylic acids is 1. The first-order valence-electron chi connectivity index (χ1n) is 9.85. The van der Waals surface area contributed by atoms with Crippen molar-refractivity contribution in [1.82, 2.24) is 14.9 Å². The zero-order valence-corrected chi connectivity index (χ0v) is 18.5. The highest BCUT2D eigenvalue weighted by Crippen LogP contribution is 2.25. The second-order valence-corrected chi connectivity index (χ2v) is 7.92. The Morgan fingerprint density at radius 1 is 1.06 bits per heavy atom. The van der Waals surface area contributed by atoms with E-state index in [9.17, 15) is 4.79 Å². The number of halogens is 2. The number of para-hydroxylation sites is 2. The minimum absolute atomic E-state index is 0.133. The highest BCUT2D eigenvalue weighted by molar-refractivity contribution is 6.35. The highest BCUT2D eigenvalue weighted by Gasteiger charge is 2.13. The fraction of sp³-hybridized carbons (Fsp3) is 0.167. The number of imidazole rings is 1. The molecule has 0 saturated heterocycles. The summed E-state index contributed by atoms with van der Waals surface area (Å²) >= 11 is 12.4. The van der Waals surface area contributed by atoms with Gasteiger partial charge >= 0.3 is 0 Å². The first kappa shape index (κ1) is 21.2. The van der Waals surface area contributed by atoms with Crippen LogP contribution in [0.1, 0.15) is 21.7 Å². The standard InChI is InChI=1S/C24H21Cl2N3O2/c1-31-19-10-7-16(8-11-19)24(30)27-13-12-23-28-21-4-2-3-5-22(21)29(23)15-17-6-9-18(25)14-20(17)26/h2-11,14H,12-13,15H2,1H3,(H,27,30). The molecule has 1 aromatic heterocycles. The summed E-state index contributed by atoms with van der Waals surface area (Å²) < 4.78 is 7.26. The van der Waals surface area contributed by atoms with E-state index in [4.69, 9.17) is 32.9 Å². The Bertz CT molecular complexity index is 1220. The van der Waals surface area contributed by atoms with Gasteiger partial charge in [0.25, 0.3) is 5.91 Å². The average molecular weight is 454 g/mol. The molecule has 0 spiro atoms. The summed E-state index contributed by atoms with van der Waals surface area (Å²) in [5, 5.41) is 4.18. The molecule has 3 aromatic carbocycles. The number of hydrogen-bond donors (Lipinski definition) is 1. The molecule has 0 unspecified atom stereocenters. The molecule has 1 amide bonds. The van der Waals surface area contributed by atoms with Gasteiger partial charge in [-0.3, -0.25) is 4.79 Å². The predicted molar refractivity (Wildman–Crippen MR) is 124 cm³/mol. The predicted octanol–water partition coefficient (Wildman–Crippen LogP) is 5.37. The van der Waals surface area contributed by atoms with Gasteiger partial charge in [0, 0.05) is 28.6 Å². The number of rotatable bonds is 7. The van der Waals surface area contributed by atoms with Gasteiger partial charge < -0.3 is 14.6 Å². The Kier molecular flexibility index (Phi) is 6.44. The van der Waals surface area contributed by atoms with Gasteiger partial charge in [0.05, 0.1) is 24.7 Å². The van der Waals surface area contributed by atoms with Gasteiger partial charge in [0.1, 0.15) is 11.6 Å². The molecule has 4 rings (SSSR count). The van der Waals surface area contributed by atoms with Crippen molar-refractivity contribution < 1.29 is 9.53 Å². The Labute approximate surface area is 190 Å². The molecule has 0 saturated carbocycles. The van der Waals surface area contributed by atoms with Crippen molar-refractivity contribution in [2.75, 3.05) is 13.7 Å². The van der Waals surface area contributed by atoms with E-state index in [2.05, 4.69) is 9.88 Å². The third kappa shape index (κ3) is 4.84. The molecule has 158 valence electrons. The van der Waals surface area contributed by atoms with Crippen molar-refractivity contribution >= 4 is 40.1 Å². The van der Waals surface area contributed by atoms with Crippen molar-refractivity contribution in [3.8, 4) is 5.75 Å². The van der Waals surface area contributed by atoms with E-state index in [0.717, 1.165) is 22.4 Å². The van der Waals surface area contributed by atoms with Crippen LogP contribution in [0.3, 0.4) is 0 Å². The molecule has 0 aliphatic carbocycles. The Morgan fingerprint density at radius 2 is 1.84 bits per heavy atom. The van der Waals surface area contributed by atoms with Gasteiger partial charge in [-0.15, -0.1) is 0 Å². The zero-order valence-electron chi connectivity index (χ0n) is 16.9. The topological polar surface area (TPSA) is 56.1 Å². The van der Waals surface area contributed by atoms with Crippen LogP contribution in [-0.4, -0.2) is 29.1 Å². The van der Waals surface area contributed by atoms with Crippen molar-refractivity contribution in [3.05, 3.63) is 93.7 Å².